The summed E-state index contributed by atoms with van der Waals surface area (Å²) in [6.45, 7) is 1.16. The van der Waals surface area contributed by atoms with Crippen molar-refractivity contribution >= 4 is 17.0 Å². The van der Waals surface area contributed by atoms with Crippen LogP contribution < -0.4 is 5.32 Å². The van der Waals surface area contributed by atoms with Crippen molar-refractivity contribution < 1.29 is 19.1 Å². The molecule has 118 valence electrons. The van der Waals surface area contributed by atoms with Crippen LogP contribution >= 0.6 is 0 Å². The second-order valence-corrected chi connectivity index (χ2v) is 5.57. The Morgan fingerprint density at radius 3 is 3.14 bits per heavy atom. The topological polar surface area (TPSA) is 74.9 Å². The number of urea groups is 1. The zero-order valence-corrected chi connectivity index (χ0v) is 12.5. The molecule has 2 atom stereocenters. The lowest BCUT2D eigenvalue weighted by molar-refractivity contribution is 0.123. The molecule has 2 N–H and O–H groups in total. The summed E-state index contributed by atoms with van der Waals surface area (Å²) in [5, 5.41) is 13.6. The lowest BCUT2D eigenvalue weighted by atomic mass is 10.2. The summed E-state index contributed by atoms with van der Waals surface area (Å²) in [6, 6.07) is 7.44. The molecule has 1 aromatic heterocycles. The smallest absolute Gasteiger partial charge is 0.318 e. The zero-order valence-electron chi connectivity index (χ0n) is 12.5. The Kier molecular flexibility index (Phi) is 4.31. The lowest BCUT2D eigenvalue weighted by Gasteiger charge is -2.23. The number of furan rings is 1. The first kappa shape index (κ1) is 14.9. The van der Waals surface area contributed by atoms with Gasteiger partial charge in [-0.3, -0.25) is 0 Å². The van der Waals surface area contributed by atoms with Crippen LogP contribution in [0.2, 0.25) is 0 Å². The molecule has 0 radical (unpaired) electrons. The fraction of sp³-hybridized carbons (Fsp3) is 0.438. The van der Waals surface area contributed by atoms with Crippen LogP contribution in [-0.4, -0.2) is 48.4 Å². The van der Waals surface area contributed by atoms with Gasteiger partial charge in [0.05, 0.1) is 25.0 Å². The van der Waals surface area contributed by atoms with E-state index in [-0.39, 0.29) is 12.1 Å². The normalized spacial score (nSPS) is 21.5. The summed E-state index contributed by atoms with van der Waals surface area (Å²) in [5.41, 5.74) is 1.74. The highest BCUT2D eigenvalue weighted by atomic mass is 16.5. The van der Waals surface area contributed by atoms with Crippen molar-refractivity contribution in [3.8, 4) is 0 Å². The SMILES string of the molecule is COC[C@@H]1C[C@@H](O)CN1C(=O)NCc1coc2ccccc12. The molecular weight excluding hydrogens is 284 g/mol. The minimum Gasteiger partial charge on any atom is -0.464 e. The molecule has 1 aliphatic rings. The number of fused-ring (bicyclic) bond motifs is 1. The van der Waals surface area contributed by atoms with E-state index >= 15 is 0 Å². The van der Waals surface area contributed by atoms with Gasteiger partial charge in [-0.25, -0.2) is 4.79 Å². The molecule has 1 aliphatic heterocycles. The average molecular weight is 304 g/mol. The van der Waals surface area contributed by atoms with Crippen molar-refractivity contribution in [2.24, 2.45) is 0 Å². The Bertz CT molecular complexity index is 654. The van der Waals surface area contributed by atoms with Gasteiger partial charge in [-0.1, -0.05) is 18.2 Å². The number of methoxy groups -OCH3 is 1. The number of likely N-dealkylation sites (tertiary alicyclic amines) is 1. The van der Waals surface area contributed by atoms with E-state index in [1.165, 1.54) is 0 Å². The summed E-state index contributed by atoms with van der Waals surface area (Å²) in [6.07, 6.45) is 1.73. The highest BCUT2D eigenvalue weighted by Crippen LogP contribution is 2.21. The molecule has 2 amide bonds. The molecule has 1 fully saturated rings. The number of nitrogens with one attached hydrogen (secondary N) is 1. The number of rotatable bonds is 4. The molecule has 0 bridgehead atoms. The number of nitrogens with zero attached hydrogens (tertiary/aromatic N) is 1. The summed E-state index contributed by atoms with van der Waals surface area (Å²) >= 11 is 0. The van der Waals surface area contributed by atoms with Gasteiger partial charge in [0.15, 0.2) is 0 Å². The number of aliphatic hydroxyl groups is 1. The highest BCUT2D eigenvalue weighted by molar-refractivity contribution is 5.82. The molecule has 6 nitrogen and oxygen atoms in total. The molecule has 0 spiro atoms. The number of ether oxygens (including phenoxy) is 1. The average Bonchev–Trinajstić information content (AvgIpc) is 3.09. The van der Waals surface area contributed by atoms with E-state index in [9.17, 15) is 9.90 Å². The van der Waals surface area contributed by atoms with E-state index in [2.05, 4.69) is 5.32 Å². The standard InChI is InChI=1S/C16H20N2O4/c1-21-10-12-6-13(19)8-18(12)16(20)17-7-11-9-22-15-5-3-2-4-14(11)15/h2-5,9,12-13,19H,6-8,10H2,1H3,(H,17,20)/t12-,13+/m0/s1. The largest absolute Gasteiger partial charge is 0.464 e. The number of benzene rings is 1. The van der Waals surface area contributed by atoms with Gasteiger partial charge in [-0.15, -0.1) is 0 Å². The lowest BCUT2D eigenvalue weighted by Crippen LogP contribution is -2.44. The fourth-order valence-electron chi connectivity index (χ4n) is 2.93. The van der Waals surface area contributed by atoms with Crippen molar-refractivity contribution in [2.45, 2.75) is 25.1 Å². The van der Waals surface area contributed by atoms with E-state index < -0.39 is 6.10 Å². The molecule has 0 saturated carbocycles. The highest BCUT2D eigenvalue weighted by Gasteiger charge is 2.34. The van der Waals surface area contributed by atoms with Gasteiger partial charge in [0, 0.05) is 31.1 Å². The van der Waals surface area contributed by atoms with Crippen molar-refractivity contribution in [1.29, 1.82) is 0 Å². The zero-order chi connectivity index (χ0) is 15.5. The van der Waals surface area contributed by atoms with Crippen LogP contribution in [0.5, 0.6) is 0 Å². The van der Waals surface area contributed by atoms with Gasteiger partial charge in [0.1, 0.15) is 5.58 Å². The van der Waals surface area contributed by atoms with Gasteiger partial charge in [0.2, 0.25) is 0 Å². The van der Waals surface area contributed by atoms with E-state index in [0.717, 1.165) is 16.5 Å². The Labute approximate surface area is 128 Å². The monoisotopic (exact) mass is 304 g/mol. The Morgan fingerprint density at radius 1 is 1.50 bits per heavy atom. The van der Waals surface area contributed by atoms with Gasteiger partial charge in [-0.05, 0) is 12.5 Å². The van der Waals surface area contributed by atoms with Gasteiger partial charge in [-0.2, -0.15) is 0 Å². The van der Waals surface area contributed by atoms with Crippen LogP contribution in [0.1, 0.15) is 12.0 Å². The predicted molar refractivity (Wildman–Crippen MR) is 81.4 cm³/mol. The number of hydrogen-bond acceptors (Lipinski definition) is 4. The second kappa shape index (κ2) is 6.37. The molecule has 0 unspecified atom stereocenters. The van der Waals surface area contributed by atoms with Crippen molar-refractivity contribution in [3.63, 3.8) is 0 Å². The van der Waals surface area contributed by atoms with Gasteiger partial charge >= 0.3 is 6.03 Å². The van der Waals surface area contributed by atoms with Crippen LogP contribution in [0, 0.1) is 0 Å². The molecule has 22 heavy (non-hydrogen) atoms. The Hall–Kier alpha value is -2.05. The predicted octanol–water partition coefficient (Wildman–Crippen LogP) is 1.72. The molecule has 3 rings (SSSR count). The third-order valence-corrected chi connectivity index (χ3v) is 4.00. The molecular formula is C16H20N2O4. The quantitative estimate of drug-likeness (QED) is 0.902. The number of para-hydroxylation sites is 1. The number of carbonyl (C=O) groups excluding carboxylic acids is 1. The third-order valence-electron chi connectivity index (χ3n) is 4.00. The van der Waals surface area contributed by atoms with Gasteiger partial charge in [0.25, 0.3) is 0 Å². The summed E-state index contributed by atoms with van der Waals surface area (Å²) < 4.78 is 10.6. The molecule has 6 heteroatoms. The van der Waals surface area contributed by atoms with E-state index in [4.69, 9.17) is 9.15 Å². The van der Waals surface area contributed by atoms with Crippen LogP contribution in [0.3, 0.4) is 0 Å². The first-order valence-corrected chi connectivity index (χ1v) is 7.35. The van der Waals surface area contributed by atoms with E-state index in [0.29, 0.717) is 26.1 Å². The Morgan fingerprint density at radius 2 is 2.32 bits per heavy atom. The first-order valence-electron chi connectivity index (χ1n) is 7.35. The maximum atomic E-state index is 12.3. The maximum absolute atomic E-state index is 12.3. The fourth-order valence-corrected chi connectivity index (χ4v) is 2.93. The van der Waals surface area contributed by atoms with Crippen molar-refractivity contribution in [2.75, 3.05) is 20.3 Å². The molecule has 1 saturated heterocycles. The van der Waals surface area contributed by atoms with Crippen LogP contribution in [-0.2, 0) is 11.3 Å². The molecule has 2 aromatic rings. The molecule has 0 aliphatic carbocycles. The number of carbonyl (C=O) groups is 1. The van der Waals surface area contributed by atoms with E-state index in [1.54, 1.807) is 18.3 Å². The number of amides is 2. The molecule has 2 heterocycles. The summed E-state index contributed by atoms with van der Waals surface area (Å²) in [4.78, 5) is 14.0. The number of aliphatic hydroxyl groups excluding tert-OH is 1. The number of hydrogen-bond donors (Lipinski definition) is 2. The minimum absolute atomic E-state index is 0.0823. The van der Waals surface area contributed by atoms with Crippen LogP contribution in [0.25, 0.3) is 11.0 Å². The second-order valence-electron chi connectivity index (χ2n) is 5.57. The Balaban J connectivity index is 1.64. The number of β-amino-alcohol motifs (C(OH)–C–C–N with tert-alkyl or cyclic N) is 1. The van der Waals surface area contributed by atoms with Crippen molar-refractivity contribution in [3.05, 3.63) is 36.1 Å². The molecule has 1 aromatic carbocycles. The van der Waals surface area contributed by atoms with Crippen LogP contribution in [0.15, 0.2) is 34.9 Å². The van der Waals surface area contributed by atoms with Crippen molar-refractivity contribution in [1.82, 2.24) is 10.2 Å². The summed E-state index contributed by atoms with van der Waals surface area (Å²) in [7, 11) is 1.60. The first-order chi connectivity index (χ1) is 10.7. The van der Waals surface area contributed by atoms with E-state index in [1.807, 2.05) is 24.3 Å². The van der Waals surface area contributed by atoms with Gasteiger partial charge < -0.3 is 24.5 Å². The maximum Gasteiger partial charge on any atom is 0.318 e. The van der Waals surface area contributed by atoms with Crippen LogP contribution in [0.4, 0.5) is 4.79 Å². The minimum atomic E-state index is -0.486. The summed E-state index contributed by atoms with van der Waals surface area (Å²) in [5.74, 6) is 0. The third kappa shape index (κ3) is 2.93.